The van der Waals surface area contributed by atoms with E-state index in [1.54, 1.807) is 11.3 Å². The fourth-order valence-corrected chi connectivity index (χ4v) is 3.56. The number of esters is 1. The number of methoxy groups -OCH3 is 1. The number of nitrogens with zero attached hydrogens (tertiary/aromatic N) is 3. The van der Waals surface area contributed by atoms with Crippen molar-refractivity contribution in [2.75, 3.05) is 7.11 Å². The third kappa shape index (κ3) is 3.00. The quantitative estimate of drug-likeness (QED) is 0.815. The van der Waals surface area contributed by atoms with E-state index in [1.165, 1.54) is 12.0 Å². The molecule has 0 aliphatic heterocycles. The van der Waals surface area contributed by atoms with Crippen molar-refractivity contribution in [2.45, 2.75) is 47.1 Å². The highest BCUT2D eigenvalue weighted by Crippen LogP contribution is 2.26. The van der Waals surface area contributed by atoms with Gasteiger partial charge in [0.15, 0.2) is 0 Å². The highest BCUT2D eigenvalue weighted by atomic mass is 32.1. The average Bonchev–Trinajstić information content (AvgIpc) is 2.88. The molecule has 0 saturated carbocycles. The van der Waals surface area contributed by atoms with E-state index in [-0.39, 0.29) is 11.9 Å². The molecule has 0 amide bonds. The molecule has 0 bridgehead atoms. The summed E-state index contributed by atoms with van der Waals surface area (Å²) in [5.74, 6) is -0.529. The van der Waals surface area contributed by atoms with Gasteiger partial charge in [0.2, 0.25) is 0 Å². The SMILES string of the molecule is COC(=O)[C@@H](C)c1c(C)nn(Cc2sc(C)nc2C)c1C. The molecule has 2 aromatic rings. The predicted molar refractivity (Wildman–Crippen MR) is 82.8 cm³/mol. The van der Waals surface area contributed by atoms with Gasteiger partial charge >= 0.3 is 5.97 Å². The Labute approximate surface area is 129 Å². The van der Waals surface area contributed by atoms with Crippen molar-refractivity contribution in [3.8, 4) is 0 Å². The lowest BCUT2D eigenvalue weighted by molar-refractivity contribution is -0.142. The largest absolute Gasteiger partial charge is 0.469 e. The maximum absolute atomic E-state index is 11.8. The molecule has 2 heterocycles. The Morgan fingerprint density at radius 3 is 2.48 bits per heavy atom. The molecule has 0 spiro atoms. The predicted octanol–water partition coefficient (Wildman–Crippen LogP) is 2.90. The highest BCUT2D eigenvalue weighted by Gasteiger charge is 2.24. The van der Waals surface area contributed by atoms with Crippen LogP contribution in [0.4, 0.5) is 0 Å². The van der Waals surface area contributed by atoms with Crippen LogP contribution < -0.4 is 0 Å². The minimum absolute atomic E-state index is 0.231. The monoisotopic (exact) mass is 307 g/mol. The molecule has 0 radical (unpaired) electrons. The summed E-state index contributed by atoms with van der Waals surface area (Å²) in [6.45, 7) is 10.5. The van der Waals surface area contributed by atoms with Crippen molar-refractivity contribution in [1.82, 2.24) is 14.8 Å². The number of aromatic nitrogens is 3. The highest BCUT2D eigenvalue weighted by molar-refractivity contribution is 7.11. The first-order valence-electron chi connectivity index (χ1n) is 6.89. The van der Waals surface area contributed by atoms with Gasteiger partial charge in [-0.1, -0.05) is 0 Å². The van der Waals surface area contributed by atoms with Gasteiger partial charge in [0.1, 0.15) is 0 Å². The van der Waals surface area contributed by atoms with E-state index in [0.29, 0.717) is 6.54 Å². The lowest BCUT2D eigenvalue weighted by Crippen LogP contribution is -2.13. The van der Waals surface area contributed by atoms with Crippen LogP contribution >= 0.6 is 11.3 Å². The zero-order valence-electron chi connectivity index (χ0n) is 13.4. The number of hydrogen-bond donors (Lipinski definition) is 0. The number of carbonyl (C=O) groups is 1. The topological polar surface area (TPSA) is 57.0 Å². The maximum Gasteiger partial charge on any atom is 0.312 e. The first-order valence-corrected chi connectivity index (χ1v) is 7.71. The van der Waals surface area contributed by atoms with Crippen LogP contribution in [0.1, 0.15) is 45.4 Å². The Balaban J connectivity index is 2.35. The lowest BCUT2D eigenvalue weighted by atomic mass is 9.99. The van der Waals surface area contributed by atoms with Crippen LogP contribution in [0.15, 0.2) is 0 Å². The van der Waals surface area contributed by atoms with Crippen molar-refractivity contribution < 1.29 is 9.53 Å². The number of hydrogen-bond acceptors (Lipinski definition) is 5. The van der Waals surface area contributed by atoms with E-state index in [9.17, 15) is 4.79 Å². The van der Waals surface area contributed by atoms with E-state index >= 15 is 0 Å². The number of ether oxygens (including phenoxy) is 1. The van der Waals surface area contributed by atoms with E-state index in [2.05, 4.69) is 10.1 Å². The van der Waals surface area contributed by atoms with Crippen molar-refractivity contribution in [1.29, 1.82) is 0 Å². The van der Waals surface area contributed by atoms with Gasteiger partial charge in [-0.2, -0.15) is 5.10 Å². The third-order valence-corrected chi connectivity index (χ3v) is 4.78. The number of rotatable bonds is 4. The van der Waals surface area contributed by atoms with Crippen LogP contribution in [0, 0.1) is 27.7 Å². The molecule has 0 aromatic carbocycles. The first-order chi connectivity index (χ1) is 9.85. The smallest absolute Gasteiger partial charge is 0.312 e. The molecule has 2 rings (SSSR count). The zero-order valence-corrected chi connectivity index (χ0v) is 14.2. The third-order valence-electron chi connectivity index (χ3n) is 3.72. The summed E-state index contributed by atoms with van der Waals surface area (Å²) in [6, 6.07) is 0. The van der Waals surface area contributed by atoms with Gasteiger partial charge in [-0.15, -0.1) is 11.3 Å². The molecule has 0 aliphatic rings. The number of thiazole rings is 1. The standard InChI is InChI=1S/C15H21N3O2S/c1-8(15(19)20-6)14-10(3)17-18(11(14)4)7-13-9(2)16-12(5)21-13/h8H,7H2,1-6H3/t8-/m0/s1. The molecule has 0 aliphatic carbocycles. The Hall–Kier alpha value is -1.69. The van der Waals surface area contributed by atoms with Gasteiger partial charge in [-0.25, -0.2) is 4.98 Å². The molecule has 1 atom stereocenters. The second-order valence-electron chi connectivity index (χ2n) is 5.23. The Kier molecular flexibility index (Phi) is 4.46. The summed E-state index contributed by atoms with van der Waals surface area (Å²) >= 11 is 1.69. The van der Waals surface area contributed by atoms with Crippen LogP contribution in [-0.2, 0) is 16.1 Å². The van der Waals surface area contributed by atoms with E-state index in [1.807, 2.05) is 39.3 Å². The fourth-order valence-electron chi connectivity index (χ4n) is 2.64. The summed E-state index contributed by atoms with van der Waals surface area (Å²) < 4.78 is 6.79. The molecule has 0 unspecified atom stereocenters. The molecular formula is C15H21N3O2S. The second-order valence-corrected chi connectivity index (χ2v) is 6.52. The van der Waals surface area contributed by atoms with Crippen LogP contribution in [0.3, 0.4) is 0 Å². The van der Waals surface area contributed by atoms with Gasteiger partial charge in [0, 0.05) is 16.1 Å². The average molecular weight is 307 g/mol. The maximum atomic E-state index is 11.8. The molecule has 0 saturated heterocycles. The minimum atomic E-state index is -0.298. The van der Waals surface area contributed by atoms with Crippen LogP contribution in [0.5, 0.6) is 0 Å². The summed E-state index contributed by atoms with van der Waals surface area (Å²) in [5.41, 5.74) is 3.90. The normalized spacial score (nSPS) is 12.5. The molecule has 5 nitrogen and oxygen atoms in total. The van der Waals surface area contributed by atoms with Crippen LogP contribution in [0.25, 0.3) is 0 Å². The minimum Gasteiger partial charge on any atom is -0.469 e. The first kappa shape index (κ1) is 15.7. The molecule has 0 N–H and O–H groups in total. The molecule has 6 heteroatoms. The second kappa shape index (κ2) is 5.97. The van der Waals surface area contributed by atoms with E-state index in [4.69, 9.17) is 4.74 Å². The number of carbonyl (C=O) groups excluding carboxylic acids is 1. The Morgan fingerprint density at radius 2 is 1.95 bits per heavy atom. The Morgan fingerprint density at radius 1 is 1.29 bits per heavy atom. The van der Waals surface area contributed by atoms with Crippen molar-refractivity contribution >= 4 is 17.3 Å². The molecular weight excluding hydrogens is 286 g/mol. The van der Waals surface area contributed by atoms with E-state index < -0.39 is 0 Å². The van der Waals surface area contributed by atoms with Crippen molar-refractivity contribution in [2.24, 2.45) is 0 Å². The van der Waals surface area contributed by atoms with Crippen LogP contribution in [-0.4, -0.2) is 27.8 Å². The van der Waals surface area contributed by atoms with Gasteiger partial charge in [-0.3, -0.25) is 9.48 Å². The van der Waals surface area contributed by atoms with Gasteiger partial charge in [0.25, 0.3) is 0 Å². The summed E-state index contributed by atoms with van der Waals surface area (Å²) in [7, 11) is 1.41. The molecule has 2 aromatic heterocycles. The van der Waals surface area contributed by atoms with Gasteiger partial charge in [-0.05, 0) is 34.6 Å². The summed E-state index contributed by atoms with van der Waals surface area (Å²) in [5, 5.41) is 5.64. The van der Waals surface area contributed by atoms with Gasteiger partial charge in [0.05, 0.1) is 36.0 Å². The summed E-state index contributed by atoms with van der Waals surface area (Å²) in [6.07, 6.45) is 0. The van der Waals surface area contributed by atoms with Crippen molar-refractivity contribution in [3.05, 3.63) is 32.5 Å². The molecule has 0 fully saturated rings. The summed E-state index contributed by atoms with van der Waals surface area (Å²) in [4.78, 5) is 17.4. The fraction of sp³-hybridized carbons (Fsp3) is 0.533. The molecule has 21 heavy (non-hydrogen) atoms. The van der Waals surface area contributed by atoms with Gasteiger partial charge < -0.3 is 4.74 Å². The lowest BCUT2D eigenvalue weighted by Gasteiger charge is -2.10. The van der Waals surface area contributed by atoms with Crippen LogP contribution in [0.2, 0.25) is 0 Å². The zero-order chi connectivity index (χ0) is 15.7. The van der Waals surface area contributed by atoms with E-state index in [0.717, 1.165) is 27.7 Å². The number of aryl methyl sites for hydroxylation is 3. The van der Waals surface area contributed by atoms with Crippen molar-refractivity contribution in [3.63, 3.8) is 0 Å². The Bertz CT molecular complexity index is 673. The molecule has 114 valence electrons.